The van der Waals surface area contributed by atoms with E-state index in [1.807, 2.05) is 89.7 Å². The van der Waals surface area contributed by atoms with Crippen molar-refractivity contribution in [3.63, 3.8) is 0 Å². The number of hydrogen-bond donors (Lipinski definition) is 1. The predicted molar refractivity (Wildman–Crippen MR) is 137 cm³/mol. The van der Waals surface area contributed by atoms with Crippen molar-refractivity contribution >= 4 is 29.1 Å². The summed E-state index contributed by atoms with van der Waals surface area (Å²) in [4.78, 5) is 27.4. The van der Waals surface area contributed by atoms with Gasteiger partial charge in [-0.1, -0.05) is 78.3 Å². The first-order chi connectivity index (χ1) is 17.0. The zero-order valence-corrected chi connectivity index (χ0v) is 20.1. The number of fused-ring (bicyclic) bond motifs is 1. The molecule has 35 heavy (non-hydrogen) atoms. The molecule has 6 nitrogen and oxygen atoms in total. The highest BCUT2D eigenvalue weighted by Gasteiger charge is 2.32. The molecule has 0 saturated carbocycles. The monoisotopic (exact) mass is 484 g/mol. The number of carbonyl (C=O) groups is 2. The molecule has 0 fully saturated rings. The van der Waals surface area contributed by atoms with Gasteiger partial charge in [0.1, 0.15) is 0 Å². The number of likely N-dealkylation sites (N-methyl/N-ethyl adjacent to an activating group) is 1. The highest BCUT2D eigenvalue weighted by Crippen LogP contribution is 2.34. The van der Waals surface area contributed by atoms with Gasteiger partial charge in [-0.3, -0.25) is 14.3 Å². The van der Waals surface area contributed by atoms with Crippen LogP contribution in [-0.4, -0.2) is 33.5 Å². The van der Waals surface area contributed by atoms with Crippen molar-refractivity contribution in [2.24, 2.45) is 0 Å². The van der Waals surface area contributed by atoms with Gasteiger partial charge in [0.2, 0.25) is 11.8 Å². The van der Waals surface area contributed by atoms with Gasteiger partial charge in [-0.05, 0) is 23.3 Å². The maximum absolute atomic E-state index is 13.5. The van der Waals surface area contributed by atoms with E-state index in [-0.39, 0.29) is 18.2 Å². The normalized spacial score (nSPS) is 14.8. The van der Waals surface area contributed by atoms with Crippen molar-refractivity contribution in [1.29, 1.82) is 0 Å². The summed E-state index contributed by atoms with van der Waals surface area (Å²) in [6.45, 7) is 0.888. The van der Waals surface area contributed by atoms with Gasteiger partial charge in [0.15, 0.2) is 0 Å². The molecule has 0 aliphatic carbocycles. The molecular weight excluding hydrogens is 460 g/mol. The Kier molecular flexibility index (Phi) is 6.38. The average molecular weight is 485 g/mol. The molecule has 1 unspecified atom stereocenters. The SMILES string of the molecule is CN(Cc1cn(Cc2ccccc2Cl)nc1-c1ccccc1)C(=O)C1CC(=O)Nc2ccccc21. The molecule has 1 aromatic heterocycles. The van der Waals surface area contributed by atoms with E-state index < -0.39 is 5.92 Å². The van der Waals surface area contributed by atoms with Gasteiger partial charge in [-0.25, -0.2) is 0 Å². The molecular formula is C28H25ClN4O2. The number of hydrogen-bond acceptors (Lipinski definition) is 3. The minimum atomic E-state index is -0.511. The fraction of sp³-hybridized carbons (Fsp3) is 0.179. The number of carbonyl (C=O) groups excluding carboxylic acids is 2. The number of para-hydroxylation sites is 1. The number of aromatic nitrogens is 2. The Morgan fingerprint density at radius 3 is 2.54 bits per heavy atom. The van der Waals surface area contributed by atoms with Crippen molar-refractivity contribution in [2.45, 2.75) is 25.4 Å². The van der Waals surface area contributed by atoms with Crippen LogP contribution in [0.25, 0.3) is 11.3 Å². The van der Waals surface area contributed by atoms with Crippen LogP contribution in [0.15, 0.2) is 85.1 Å². The summed E-state index contributed by atoms with van der Waals surface area (Å²) in [7, 11) is 1.78. The summed E-state index contributed by atoms with van der Waals surface area (Å²) in [6, 6.07) is 25.1. The maximum atomic E-state index is 13.5. The Bertz CT molecular complexity index is 1380. The molecule has 1 aliphatic heterocycles. The van der Waals surface area contributed by atoms with Crippen molar-refractivity contribution in [3.8, 4) is 11.3 Å². The number of halogens is 1. The van der Waals surface area contributed by atoms with E-state index in [2.05, 4.69) is 5.32 Å². The number of nitrogens with zero attached hydrogens (tertiary/aromatic N) is 3. The molecule has 2 amide bonds. The van der Waals surface area contributed by atoms with Crippen LogP contribution in [0.5, 0.6) is 0 Å². The molecule has 0 saturated heterocycles. The van der Waals surface area contributed by atoms with Gasteiger partial charge in [0.25, 0.3) is 0 Å². The van der Waals surface area contributed by atoms with E-state index in [0.29, 0.717) is 23.8 Å². The molecule has 3 aromatic carbocycles. The Balaban J connectivity index is 1.44. The van der Waals surface area contributed by atoms with Crippen LogP contribution < -0.4 is 5.32 Å². The summed E-state index contributed by atoms with van der Waals surface area (Å²) >= 11 is 6.38. The number of anilines is 1. The Morgan fingerprint density at radius 1 is 1.03 bits per heavy atom. The number of benzene rings is 3. The van der Waals surface area contributed by atoms with Gasteiger partial charge in [0.05, 0.1) is 18.2 Å². The Labute approximate surface area is 209 Å². The molecule has 0 radical (unpaired) electrons. The quantitative estimate of drug-likeness (QED) is 0.402. The lowest BCUT2D eigenvalue weighted by molar-refractivity contribution is -0.134. The molecule has 2 heterocycles. The summed E-state index contributed by atoms with van der Waals surface area (Å²) in [5, 5.41) is 8.39. The van der Waals surface area contributed by atoms with E-state index in [1.165, 1.54) is 0 Å². The molecule has 1 N–H and O–H groups in total. The minimum absolute atomic E-state index is 0.0924. The molecule has 4 aromatic rings. The summed E-state index contributed by atoms with van der Waals surface area (Å²) in [6.07, 6.45) is 2.11. The molecule has 5 rings (SSSR count). The van der Waals surface area contributed by atoms with Crippen molar-refractivity contribution in [3.05, 3.63) is 107 Å². The van der Waals surface area contributed by atoms with Gasteiger partial charge >= 0.3 is 0 Å². The summed E-state index contributed by atoms with van der Waals surface area (Å²) < 4.78 is 1.86. The fourth-order valence-electron chi connectivity index (χ4n) is 4.53. The zero-order chi connectivity index (χ0) is 24.4. The third kappa shape index (κ3) is 4.84. The number of nitrogens with one attached hydrogen (secondary N) is 1. The van der Waals surface area contributed by atoms with Crippen LogP contribution >= 0.6 is 11.6 Å². The van der Waals surface area contributed by atoms with Crippen LogP contribution in [-0.2, 0) is 22.7 Å². The van der Waals surface area contributed by atoms with Crippen LogP contribution in [0.3, 0.4) is 0 Å². The molecule has 0 spiro atoms. The van der Waals surface area contributed by atoms with Crippen LogP contribution in [0.4, 0.5) is 5.69 Å². The largest absolute Gasteiger partial charge is 0.341 e. The first-order valence-corrected chi connectivity index (χ1v) is 11.9. The van der Waals surface area contributed by atoms with E-state index in [0.717, 1.165) is 27.9 Å². The van der Waals surface area contributed by atoms with Crippen molar-refractivity contribution in [2.75, 3.05) is 12.4 Å². The predicted octanol–water partition coefficient (Wildman–Crippen LogP) is 5.34. The second kappa shape index (κ2) is 9.76. The van der Waals surface area contributed by atoms with Gasteiger partial charge < -0.3 is 10.2 Å². The Morgan fingerprint density at radius 2 is 1.74 bits per heavy atom. The van der Waals surface area contributed by atoms with Crippen molar-refractivity contribution in [1.82, 2.24) is 14.7 Å². The topological polar surface area (TPSA) is 67.2 Å². The zero-order valence-electron chi connectivity index (χ0n) is 19.3. The van der Waals surface area contributed by atoms with Gasteiger partial charge in [-0.15, -0.1) is 0 Å². The first-order valence-electron chi connectivity index (χ1n) is 11.5. The van der Waals surface area contributed by atoms with E-state index in [9.17, 15) is 9.59 Å². The smallest absolute Gasteiger partial charge is 0.230 e. The number of amides is 2. The Hall–Kier alpha value is -3.90. The standard InChI is InChI=1S/C28H25ClN4O2/c1-32(28(35)23-15-26(34)30-25-14-8-6-12-22(23)25)16-21-18-33(17-20-11-5-7-13-24(20)29)31-27(21)19-9-3-2-4-10-19/h2-14,18,23H,15-17H2,1H3,(H,30,34). The molecule has 0 bridgehead atoms. The van der Waals surface area contributed by atoms with Gasteiger partial charge in [0, 0.05) is 48.0 Å². The molecule has 176 valence electrons. The van der Waals surface area contributed by atoms with Crippen LogP contribution in [0.2, 0.25) is 5.02 Å². The molecule has 7 heteroatoms. The summed E-state index contributed by atoms with van der Waals surface area (Å²) in [5.74, 6) is -0.749. The first kappa shape index (κ1) is 22.9. The minimum Gasteiger partial charge on any atom is -0.341 e. The molecule has 1 atom stereocenters. The van der Waals surface area contributed by atoms with E-state index in [1.54, 1.807) is 11.9 Å². The molecule has 1 aliphatic rings. The highest BCUT2D eigenvalue weighted by atomic mass is 35.5. The van der Waals surface area contributed by atoms with Crippen LogP contribution in [0, 0.1) is 0 Å². The lowest BCUT2D eigenvalue weighted by Gasteiger charge is -2.28. The lowest BCUT2D eigenvalue weighted by Crippen LogP contribution is -2.36. The third-order valence-electron chi connectivity index (χ3n) is 6.26. The lowest BCUT2D eigenvalue weighted by atomic mass is 9.89. The van der Waals surface area contributed by atoms with E-state index >= 15 is 0 Å². The van der Waals surface area contributed by atoms with Crippen molar-refractivity contribution < 1.29 is 9.59 Å². The van der Waals surface area contributed by atoms with Crippen LogP contribution in [0.1, 0.15) is 29.0 Å². The highest BCUT2D eigenvalue weighted by molar-refractivity contribution is 6.31. The van der Waals surface area contributed by atoms with Gasteiger partial charge in [-0.2, -0.15) is 5.10 Å². The fourth-order valence-corrected chi connectivity index (χ4v) is 4.73. The maximum Gasteiger partial charge on any atom is 0.230 e. The average Bonchev–Trinajstić information content (AvgIpc) is 3.27. The second-order valence-electron chi connectivity index (χ2n) is 8.74. The van der Waals surface area contributed by atoms with E-state index in [4.69, 9.17) is 16.7 Å². The number of rotatable bonds is 6. The summed E-state index contributed by atoms with van der Waals surface area (Å²) in [5.41, 5.74) is 5.24. The second-order valence-corrected chi connectivity index (χ2v) is 9.15. The third-order valence-corrected chi connectivity index (χ3v) is 6.63.